The molecular formula is C24H21N3O3S. The number of methoxy groups -OCH3 is 1. The monoisotopic (exact) mass is 431 g/mol. The van der Waals surface area contributed by atoms with Crippen molar-refractivity contribution in [3.8, 4) is 5.75 Å². The summed E-state index contributed by atoms with van der Waals surface area (Å²) in [6, 6.07) is 23.3. The van der Waals surface area contributed by atoms with Crippen molar-refractivity contribution in [2.24, 2.45) is 0 Å². The van der Waals surface area contributed by atoms with Crippen LogP contribution in [0.5, 0.6) is 5.75 Å². The van der Waals surface area contributed by atoms with E-state index in [1.165, 1.54) is 6.08 Å². The van der Waals surface area contributed by atoms with E-state index in [-0.39, 0.29) is 16.9 Å². The molecule has 0 aliphatic rings. The van der Waals surface area contributed by atoms with Crippen LogP contribution in [0, 0.1) is 0 Å². The summed E-state index contributed by atoms with van der Waals surface area (Å²) < 4.78 is 5.10. The highest BCUT2D eigenvalue weighted by Crippen LogP contribution is 2.14. The van der Waals surface area contributed by atoms with Crippen molar-refractivity contribution in [2.45, 2.75) is 0 Å². The van der Waals surface area contributed by atoms with Gasteiger partial charge in [0.05, 0.1) is 7.11 Å². The second kappa shape index (κ2) is 10.7. The molecule has 3 N–H and O–H groups in total. The lowest BCUT2D eigenvalue weighted by molar-refractivity contribution is -0.115. The highest BCUT2D eigenvalue weighted by atomic mass is 32.1. The van der Waals surface area contributed by atoms with Gasteiger partial charge in [-0.05, 0) is 66.3 Å². The average molecular weight is 432 g/mol. The first-order valence-corrected chi connectivity index (χ1v) is 9.85. The van der Waals surface area contributed by atoms with Crippen LogP contribution in [0.3, 0.4) is 0 Å². The lowest BCUT2D eigenvalue weighted by atomic mass is 10.2. The van der Waals surface area contributed by atoms with E-state index in [1.807, 2.05) is 54.6 Å². The summed E-state index contributed by atoms with van der Waals surface area (Å²) >= 11 is 5.20. The zero-order valence-electron chi connectivity index (χ0n) is 16.8. The molecule has 0 aromatic heterocycles. The van der Waals surface area contributed by atoms with Crippen molar-refractivity contribution in [1.82, 2.24) is 5.32 Å². The summed E-state index contributed by atoms with van der Waals surface area (Å²) in [5.74, 6) is 0.130. The topological polar surface area (TPSA) is 79.5 Å². The molecule has 0 aliphatic heterocycles. The summed E-state index contributed by atoms with van der Waals surface area (Å²) in [4.78, 5) is 24.5. The molecule has 0 heterocycles. The van der Waals surface area contributed by atoms with Crippen LogP contribution in [0.15, 0.2) is 84.9 Å². The van der Waals surface area contributed by atoms with Crippen LogP contribution >= 0.6 is 12.2 Å². The number of rotatable bonds is 6. The lowest BCUT2D eigenvalue weighted by Gasteiger charge is -2.10. The van der Waals surface area contributed by atoms with E-state index < -0.39 is 0 Å². The molecule has 31 heavy (non-hydrogen) atoms. The van der Waals surface area contributed by atoms with Crippen LogP contribution in [-0.4, -0.2) is 24.0 Å². The first-order chi connectivity index (χ1) is 15.0. The third kappa shape index (κ3) is 6.80. The van der Waals surface area contributed by atoms with Gasteiger partial charge in [-0.15, -0.1) is 0 Å². The van der Waals surface area contributed by atoms with Crippen LogP contribution in [0.1, 0.15) is 15.9 Å². The predicted octanol–water partition coefficient (Wildman–Crippen LogP) is 4.47. The van der Waals surface area contributed by atoms with Crippen LogP contribution in [0.2, 0.25) is 0 Å². The van der Waals surface area contributed by atoms with E-state index in [4.69, 9.17) is 17.0 Å². The van der Waals surface area contributed by atoms with Crippen molar-refractivity contribution >= 4 is 46.6 Å². The normalized spacial score (nSPS) is 10.4. The Kier molecular flexibility index (Phi) is 7.50. The van der Waals surface area contributed by atoms with Crippen molar-refractivity contribution in [1.29, 1.82) is 0 Å². The summed E-state index contributed by atoms with van der Waals surface area (Å²) in [5.41, 5.74) is 2.61. The lowest BCUT2D eigenvalue weighted by Crippen LogP contribution is -2.32. The molecular weight excluding hydrogens is 410 g/mol. The van der Waals surface area contributed by atoms with E-state index in [9.17, 15) is 9.59 Å². The number of amides is 2. The van der Waals surface area contributed by atoms with Gasteiger partial charge < -0.3 is 15.4 Å². The Morgan fingerprint density at radius 1 is 0.871 bits per heavy atom. The Morgan fingerprint density at radius 3 is 2.29 bits per heavy atom. The maximum atomic E-state index is 12.4. The number of hydrogen-bond donors (Lipinski definition) is 3. The zero-order valence-corrected chi connectivity index (χ0v) is 17.6. The first kappa shape index (κ1) is 21.7. The second-order valence-corrected chi connectivity index (χ2v) is 6.86. The number of ether oxygens (including phenoxy) is 1. The van der Waals surface area contributed by atoms with Gasteiger partial charge in [-0.2, -0.15) is 0 Å². The van der Waals surface area contributed by atoms with Gasteiger partial charge in [0.2, 0.25) is 5.91 Å². The second-order valence-electron chi connectivity index (χ2n) is 6.45. The predicted molar refractivity (Wildman–Crippen MR) is 127 cm³/mol. The largest absolute Gasteiger partial charge is 0.497 e. The standard InChI is InChI=1S/C24H21N3O3S/c1-30-21-13-10-17(11-14-21)12-15-22(28)27-24(31)26-20-9-5-6-18(16-20)23(29)25-19-7-3-2-4-8-19/h2-16H,1H3,(H,25,29)(H2,26,27,28,31)/b15-12+. The summed E-state index contributed by atoms with van der Waals surface area (Å²) in [6.07, 6.45) is 3.06. The number of anilines is 2. The van der Waals surface area contributed by atoms with Gasteiger partial charge in [-0.1, -0.05) is 36.4 Å². The van der Waals surface area contributed by atoms with Crippen LogP contribution in [-0.2, 0) is 4.79 Å². The molecule has 156 valence electrons. The van der Waals surface area contributed by atoms with E-state index in [2.05, 4.69) is 16.0 Å². The van der Waals surface area contributed by atoms with Crippen LogP contribution in [0.4, 0.5) is 11.4 Å². The first-order valence-electron chi connectivity index (χ1n) is 9.44. The van der Waals surface area contributed by atoms with Gasteiger partial charge >= 0.3 is 0 Å². The van der Waals surface area contributed by atoms with E-state index in [0.717, 1.165) is 11.3 Å². The molecule has 7 heteroatoms. The molecule has 2 amide bonds. The van der Waals surface area contributed by atoms with E-state index in [1.54, 1.807) is 37.5 Å². The summed E-state index contributed by atoms with van der Waals surface area (Å²) in [5, 5.41) is 8.45. The third-order valence-electron chi connectivity index (χ3n) is 4.19. The number of thiocarbonyl (C=S) groups is 1. The van der Waals surface area contributed by atoms with Crippen molar-refractivity contribution in [2.75, 3.05) is 17.7 Å². The average Bonchev–Trinajstić information content (AvgIpc) is 2.79. The molecule has 3 rings (SSSR count). The Bertz CT molecular complexity index is 1100. The molecule has 0 aliphatic carbocycles. The van der Waals surface area contributed by atoms with Crippen molar-refractivity contribution in [3.05, 3.63) is 96.1 Å². The molecule has 0 saturated carbocycles. The fraction of sp³-hybridized carbons (Fsp3) is 0.0417. The maximum absolute atomic E-state index is 12.4. The molecule has 0 atom stereocenters. The van der Waals surface area contributed by atoms with Crippen molar-refractivity contribution in [3.63, 3.8) is 0 Å². The summed E-state index contributed by atoms with van der Waals surface area (Å²) in [7, 11) is 1.59. The quantitative estimate of drug-likeness (QED) is 0.396. The number of para-hydroxylation sites is 1. The van der Waals surface area contributed by atoms with Gasteiger partial charge in [-0.3, -0.25) is 14.9 Å². The summed E-state index contributed by atoms with van der Waals surface area (Å²) in [6.45, 7) is 0. The van der Waals surface area contributed by atoms with Gasteiger partial charge in [0.1, 0.15) is 5.75 Å². The smallest absolute Gasteiger partial charge is 0.255 e. The molecule has 0 saturated heterocycles. The SMILES string of the molecule is COc1ccc(/C=C/C(=O)NC(=S)Nc2cccc(C(=O)Nc3ccccc3)c2)cc1. The molecule has 3 aromatic rings. The Labute approximate surface area is 185 Å². The molecule has 3 aromatic carbocycles. The van der Waals surface area contributed by atoms with Crippen LogP contribution < -0.4 is 20.7 Å². The Morgan fingerprint density at radius 2 is 1.58 bits per heavy atom. The van der Waals surface area contributed by atoms with Crippen LogP contribution in [0.25, 0.3) is 6.08 Å². The molecule has 6 nitrogen and oxygen atoms in total. The molecule has 0 bridgehead atoms. The molecule has 0 fully saturated rings. The Balaban J connectivity index is 1.55. The van der Waals surface area contributed by atoms with E-state index in [0.29, 0.717) is 16.9 Å². The van der Waals surface area contributed by atoms with Gasteiger partial charge in [0, 0.05) is 23.0 Å². The number of benzene rings is 3. The fourth-order valence-electron chi connectivity index (χ4n) is 2.67. The number of carbonyl (C=O) groups is 2. The fourth-order valence-corrected chi connectivity index (χ4v) is 2.88. The third-order valence-corrected chi connectivity index (χ3v) is 4.40. The zero-order chi connectivity index (χ0) is 22.1. The van der Waals surface area contributed by atoms with E-state index >= 15 is 0 Å². The van der Waals surface area contributed by atoms with Crippen molar-refractivity contribution < 1.29 is 14.3 Å². The minimum atomic E-state index is -0.369. The minimum absolute atomic E-state index is 0.130. The molecule has 0 spiro atoms. The van der Waals surface area contributed by atoms with Gasteiger partial charge in [0.25, 0.3) is 5.91 Å². The highest BCUT2D eigenvalue weighted by molar-refractivity contribution is 7.80. The van der Waals surface area contributed by atoms with Gasteiger partial charge in [0.15, 0.2) is 5.11 Å². The number of carbonyl (C=O) groups excluding carboxylic acids is 2. The highest BCUT2D eigenvalue weighted by Gasteiger charge is 2.08. The molecule has 0 unspecified atom stereocenters. The number of hydrogen-bond acceptors (Lipinski definition) is 4. The maximum Gasteiger partial charge on any atom is 0.255 e. The van der Waals surface area contributed by atoms with Gasteiger partial charge in [-0.25, -0.2) is 0 Å². The number of nitrogens with one attached hydrogen (secondary N) is 3. The Hall–Kier alpha value is -3.97. The molecule has 0 radical (unpaired) electrons. The minimum Gasteiger partial charge on any atom is -0.497 e.